The van der Waals surface area contributed by atoms with Crippen molar-refractivity contribution in [3.63, 3.8) is 0 Å². The van der Waals surface area contributed by atoms with Crippen molar-refractivity contribution in [3.8, 4) is 5.75 Å². The van der Waals surface area contributed by atoms with E-state index in [1.165, 1.54) is 12.1 Å². The first-order chi connectivity index (χ1) is 7.02. The number of fused-ring (bicyclic) bond motifs is 1. The van der Waals surface area contributed by atoms with Crippen LogP contribution in [0, 0.1) is 0 Å². The monoisotopic (exact) mass is 216 g/mol. The Hall–Kier alpha value is -1.19. The summed E-state index contributed by atoms with van der Waals surface area (Å²) in [6.07, 6.45) is -3.47. The van der Waals surface area contributed by atoms with E-state index in [4.69, 9.17) is 4.74 Å². The largest absolute Gasteiger partial charge is 0.493 e. The van der Waals surface area contributed by atoms with Gasteiger partial charge in [-0.05, 0) is 24.6 Å². The Labute approximate surface area is 85.9 Å². The SMILES string of the molecule is CCC1COc2ccc(C(F)(F)F)cc21. The van der Waals surface area contributed by atoms with Gasteiger partial charge >= 0.3 is 6.18 Å². The molecule has 0 radical (unpaired) electrons. The molecule has 0 saturated heterocycles. The van der Waals surface area contributed by atoms with Crippen molar-refractivity contribution in [2.24, 2.45) is 0 Å². The molecule has 1 aliphatic rings. The molecule has 0 aromatic heterocycles. The van der Waals surface area contributed by atoms with Crippen LogP contribution in [0.3, 0.4) is 0 Å². The lowest BCUT2D eigenvalue weighted by Gasteiger charge is -2.09. The Kier molecular flexibility index (Phi) is 2.37. The maximum absolute atomic E-state index is 12.4. The smallest absolute Gasteiger partial charge is 0.416 e. The molecule has 1 aromatic carbocycles. The van der Waals surface area contributed by atoms with E-state index in [0.717, 1.165) is 12.5 Å². The lowest BCUT2D eigenvalue weighted by molar-refractivity contribution is -0.137. The van der Waals surface area contributed by atoms with Crippen molar-refractivity contribution in [3.05, 3.63) is 29.3 Å². The van der Waals surface area contributed by atoms with Gasteiger partial charge in [0.25, 0.3) is 0 Å². The zero-order chi connectivity index (χ0) is 11.1. The van der Waals surface area contributed by atoms with Gasteiger partial charge in [-0.3, -0.25) is 0 Å². The van der Waals surface area contributed by atoms with Gasteiger partial charge in [-0.15, -0.1) is 0 Å². The van der Waals surface area contributed by atoms with Crippen molar-refractivity contribution in [1.29, 1.82) is 0 Å². The minimum atomic E-state index is -4.27. The van der Waals surface area contributed by atoms with E-state index in [9.17, 15) is 13.2 Å². The van der Waals surface area contributed by atoms with Crippen LogP contribution in [-0.2, 0) is 6.18 Å². The summed E-state index contributed by atoms with van der Waals surface area (Å²) < 4.78 is 42.6. The van der Waals surface area contributed by atoms with Gasteiger partial charge in [0, 0.05) is 11.5 Å². The van der Waals surface area contributed by atoms with Crippen LogP contribution < -0.4 is 4.74 Å². The molecular weight excluding hydrogens is 205 g/mol. The summed E-state index contributed by atoms with van der Waals surface area (Å²) in [6, 6.07) is 3.68. The molecule has 0 fully saturated rings. The summed E-state index contributed by atoms with van der Waals surface area (Å²) in [5.41, 5.74) is 0.0949. The number of hydrogen-bond donors (Lipinski definition) is 0. The lowest BCUT2D eigenvalue weighted by Crippen LogP contribution is -2.05. The molecule has 0 spiro atoms. The number of halogens is 3. The zero-order valence-electron chi connectivity index (χ0n) is 8.27. The van der Waals surface area contributed by atoms with Crippen LogP contribution in [0.25, 0.3) is 0 Å². The number of ether oxygens (including phenoxy) is 1. The number of rotatable bonds is 1. The molecule has 0 bridgehead atoms. The fourth-order valence-electron chi connectivity index (χ4n) is 1.79. The third-order valence-electron chi connectivity index (χ3n) is 2.71. The normalized spacial score (nSPS) is 19.9. The Morgan fingerprint density at radius 1 is 1.40 bits per heavy atom. The number of alkyl halides is 3. The van der Waals surface area contributed by atoms with Gasteiger partial charge in [-0.1, -0.05) is 6.92 Å². The molecule has 4 heteroatoms. The van der Waals surface area contributed by atoms with Gasteiger partial charge in [-0.2, -0.15) is 13.2 Å². The average molecular weight is 216 g/mol. The Morgan fingerprint density at radius 2 is 2.13 bits per heavy atom. The molecule has 0 N–H and O–H groups in total. The molecule has 2 rings (SSSR count). The first-order valence-corrected chi connectivity index (χ1v) is 4.86. The van der Waals surface area contributed by atoms with E-state index in [1.54, 1.807) is 0 Å². The summed E-state index contributed by atoms with van der Waals surface area (Å²) in [6.45, 7) is 2.44. The summed E-state index contributed by atoms with van der Waals surface area (Å²) in [5.74, 6) is 0.692. The first kappa shape index (κ1) is 10.3. The van der Waals surface area contributed by atoms with Crippen LogP contribution in [-0.4, -0.2) is 6.61 Å². The highest BCUT2D eigenvalue weighted by Crippen LogP contribution is 2.39. The van der Waals surface area contributed by atoms with Gasteiger partial charge in [0.1, 0.15) is 5.75 Å². The molecule has 1 atom stereocenters. The van der Waals surface area contributed by atoms with Crippen LogP contribution in [0.5, 0.6) is 5.75 Å². The molecule has 1 aromatic rings. The van der Waals surface area contributed by atoms with Crippen LogP contribution in [0.1, 0.15) is 30.4 Å². The van der Waals surface area contributed by atoms with E-state index in [1.807, 2.05) is 6.92 Å². The zero-order valence-corrected chi connectivity index (χ0v) is 8.27. The fourth-order valence-corrected chi connectivity index (χ4v) is 1.79. The molecule has 82 valence electrons. The average Bonchev–Trinajstić information content (AvgIpc) is 2.57. The molecule has 1 nitrogen and oxygen atoms in total. The molecule has 1 unspecified atom stereocenters. The van der Waals surface area contributed by atoms with E-state index < -0.39 is 11.7 Å². The highest BCUT2D eigenvalue weighted by molar-refractivity contribution is 5.43. The number of benzene rings is 1. The van der Waals surface area contributed by atoms with Crippen LogP contribution >= 0.6 is 0 Å². The molecule has 1 aliphatic heterocycles. The second kappa shape index (κ2) is 3.43. The number of hydrogen-bond acceptors (Lipinski definition) is 1. The summed E-state index contributed by atoms with van der Waals surface area (Å²) in [5, 5.41) is 0. The summed E-state index contributed by atoms with van der Waals surface area (Å²) in [7, 11) is 0. The summed E-state index contributed by atoms with van der Waals surface area (Å²) in [4.78, 5) is 0. The van der Waals surface area contributed by atoms with E-state index in [2.05, 4.69) is 0 Å². The van der Waals surface area contributed by atoms with Crippen LogP contribution in [0.15, 0.2) is 18.2 Å². The Balaban J connectivity index is 2.41. The van der Waals surface area contributed by atoms with Gasteiger partial charge < -0.3 is 4.74 Å². The molecular formula is C11H11F3O. The maximum atomic E-state index is 12.4. The van der Waals surface area contributed by atoms with Gasteiger partial charge in [0.05, 0.1) is 12.2 Å². The molecule has 0 aliphatic carbocycles. The van der Waals surface area contributed by atoms with E-state index in [-0.39, 0.29) is 5.92 Å². The third-order valence-corrected chi connectivity index (χ3v) is 2.71. The molecule has 0 saturated carbocycles. The van der Waals surface area contributed by atoms with E-state index in [0.29, 0.717) is 17.9 Å². The second-order valence-corrected chi connectivity index (χ2v) is 3.67. The van der Waals surface area contributed by atoms with Crippen molar-refractivity contribution < 1.29 is 17.9 Å². The van der Waals surface area contributed by atoms with Gasteiger partial charge in [0.2, 0.25) is 0 Å². The molecule has 1 heterocycles. The molecule has 0 amide bonds. The van der Waals surface area contributed by atoms with Crippen molar-refractivity contribution in [2.45, 2.75) is 25.4 Å². The Morgan fingerprint density at radius 3 is 2.73 bits per heavy atom. The van der Waals surface area contributed by atoms with Gasteiger partial charge in [0.15, 0.2) is 0 Å². The van der Waals surface area contributed by atoms with Crippen molar-refractivity contribution in [2.75, 3.05) is 6.61 Å². The third kappa shape index (κ3) is 1.80. The van der Waals surface area contributed by atoms with Crippen molar-refractivity contribution in [1.82, 2.24) is 0 Å². The van der Waals surface area contributed by atoms with Crippen LogP contribution in [0.2, 0.25) is 0 Å². The fraction of sp³-hybridized carbons (Fsp3) is 0.455. The maximum Gasteiger partial charge on any atom is 0.416 e. The van der Waals surface area contributed by atoms with Crippen LogP contribution in [0.4, 0.5) is 13.2 Å². The lowest BCUT2D eigenvalue weighted by atomic mass is 9.97. The van der Waals surface area contributed by atoms with E-state index >= 15 is 0 Å². The minimum absolute atomic E-state index is 0.0994. The standard InChI is InChI=1S/C11H11F3O/c1-2-7-6-15-10-4-3-8(5-9(7)10)11(12,13)14/h3-5,7H,2,6H2,1H3. The Bertz CT molecular complexity index is 371. The second-order valence-electron chi connectivity index (χ2n) is 3.67. The highest BCUT2D eigenvalue weighted by Gasteiger charge is 2.33. The van der Waals surface area contributed by atoms with Gasteiger partial charge in [-0.25, -0.2) is 0 Å². The summed E-state index contributed by atoms with van der Waals surface area (Å²) >= 11 is 0. The molecule has 15 heavy (non-hydrogen) atoms. The highest BCUT2D eigenvalue weighted by atomic mass is 19.4. The van der Waals surface area contributed by atoms with Crippen molar-refractivity contribution >= 4 is 0 Å². The predicted molar refractivity (Wildman–Crippen MR) is 50.0 cm³/mol. The first-order valence-electron chi connectivity index (χ1n) is 4.86. The minimum Gasteiger partial charge on any atom is -0.493 e. The predicted octanol–water partition coefficient (Wildman–Crippen LogP) is 3.59. The topological polar surface area (TPSA) is 9.23 Å². The quantitative estimate of drug-likeness (QED) is 0.697.